The highest BCUT2D eigenvalue weighted by Gasteiger charge is 2.10. The zero-order valence-electron chi connectivity index (χ0n) is 17.0. The van der Waals surface area contributed by atoms with Crippen LogP contribution in [0.5, 0.6) is 0 Å². The molecule has 0 aliphatic rings. The molecule has 0 heterocycles. The monoisotopic (exact) mass is 381 g/mol. The van der Waals surface area contributed by atoms with Crippen LogP contribution in [0.25, 0.3) is 0 Å². The van der Waals surface area contributed by atoms with Crippen LogP contribution in [-0.4, -0.2) is 50.0 Å². The lowest BCUT2D eigenvalue weighted by molar-refractivity contribution is -0.115. The van der Waals surface area contributed by atoms with E-state index in [9.17, 15) is 4.79 Å². The van der Waals surface area contributed by atoms with Gasteiger partial charge in [-0.15, -0.1) is 0 Å². The number of hydrogen-bond donors (Lipinski definition) is 3. The van der Waals surface area contributed by atoms with Gasteiger partial charge in [0.05, 0.1) is 6.54 Å². The maximum atomic E-state index is 12.0. The summed E-state index contributed by atoms with van der Waals surface area (Å²) in [4.78, 5) is 18.5. The molecule has 0 aliphatic carbocycles. The number of amides is 1. The molecule has 3 N–H and O–H groups in total. The zero-order valence-corrected chi connectivity index (χ0v) is 17.0. The van der Waals surface area contributed by atoms with Crippen molar-refractivity contribution in [3.05, 3.63) is 66.2 Å². The topological polar surface area (TPSA) is 68.8 Å². The molecule has 2 aromatic rings. The van der Waals surface area contributed by atoms with E-state index in [1.807, 2.05) is 36.4 Å². The molecule has 0 bridgehead atoms. The molecule has 0 fully saturated rings. The van der Waals surface area contributed by atoms with Crippen molar-refractivity contribution in [1.82, 2.24) is 15.5 Å². The van der Waals surface area contributed by atoms with Gasteiger partial charge in [-0.3, -0.25) is 14.7 Å². The van der Waals surface area contributed by atoms with Gasteiger partial charge in [0, 0.05) is 31.9 Å². The molecule has 1 amide bonds. The number of hydrogen-bond acceptors (Lipinski definition) is 3. The van der Waals surface area contributed by atoms with E-state index in [1.165, 1.54) is 5.56 Å². The summed E-state index contributed by atoms with van der Waals surface area (Å²) in [5, 5.41) is 9.16. The van der Waals surface area contributed by atoms with Gasteiger partial charge in [0.2, 0.25) is 5.91 Å². The van der Waals surface area contributed by atoms with Gasteiger partial charge in [-0.25, -0.2) is 0 Å². The lowest BCUT2D eigenvalue weighted by atomic mass is 10.1. The van der Waals surface area contributed by atoms with Crippen LogP contribution in [-0.2, 0) is 11.3 Å². The highest BCUT2D eigenvalue weighted by Crippen LogP contribution is 2.08. The molecule has 0 spiro atoms. The second kappa shape index (κ2) is 11.8. The molecule has 150 valence electrons. The van der Waals surface area contributed by atoms with Crippen molar-refractivity contribution < 1.29 is 4.79 Å². The van der Waals surface area contributed by atoms with E-state index in [0.717, 1.165) is 25.2 Å². The van der Waals surface area contributed by atoms with E-state index in [0.29, 0.717) is 12.0 Å². The number of carbonyl (C=O) groups is 1. The van der Waals surface area contributed by atoms with E-state index >= 15 is 0 Å². The van der Waals surface area contributed by atoms with Crippen molar-refractivity contribution in [3.8, 4) is 0 Å². The summed E-state index contributed by atoms with van der Waals surface area (Å²) in [7, 11) is 3.84. The quantitative estimate of drug-likeness (QED) is 0.461. The maximum Gasteiger partial charge on any atom is 0.243 e. The molecule has 0 aromatic heterocycles. The third kappa shape index (κ3) is 7.80. The van der Waals surface area contributed by atoms with E-state index in [2.05, 4.69) is 64.1 Å². The van der Waals surface area contributed by atoms with Crippen LogP contribution in [0.1, 0.15) is 18.9 Å². The van der Waals surface area contributed by atoms with Crippen LogP contribution in [0.15, 0.2) is 65.7 Å². The van der Waals surface area contributed by atoms with Crippen LogP contribution in [0.2, 0.25) is 0 Å². The van der Waals surface area contributed by atoms with Crippen molar-refractivity contribution in [2.45, 2.75) is 25.9 Å². The number of anilines is 1. The molecule has 0 saturated heterocycles. The van der Waals surface area contributed by atoms with Gasteiger partial charge in [0.1, 0.15) is 0 Å². The molecule has 1 unspecified atom stereocenters. The molecular formula is C22H31N5O. The van der Waals surface area contributed by atoms with Crippen LogP contribution >= 0.6 is 0 Å². The SMILES string of the molecule is CN=C(NCCC(C)N(C)Cc1ccccc1)NCC(=O)Nc1ccccc1. The number of rotatable bonds is 9. The fraction of sp³-hybridized carbons (Fsp3) is 0.364. The second-order valence-electron chi connectivity index (χ2n) is 6.81. The molecule has 0 aliphatic heterocycles. The summed E-state index contributed by atoms with van der Waals surface area (Å²) in [6.45, 7) is 4.08. The Morgan fingerprint density at radius 3 is 2.32 bits per heavy atom. The molecule has 0 saturated carbocycles. The Balaban J connectivity index is 1.66. The smallest absolute Gasteiger partial charge is 0.243 e. The Morgan fingerprint density at radius 1 is 1.04 bits per heavy atom. The first-order valence-corrected chi connectivity index (χ1v) is 9.62. The molecule has 6 nitrogen and oxygen atoms in total. The number of aliphatic imine (C=N–C) groups is 1. The van der Waals surface area contributed by atoms with E-state index < -0.39 is 0 Å². The van der Waals surface area contributed by atoms with E-state index in [4.69, 9.17) is 0 Å². The standard InChI is InChI=1S/C22H31N5O/c1-18(27(3)17-19-10-6-4-7-11-19)14-15-24-22(23-2)25-16-21(28)26-20-12-8-5-9-13-20/h4-13,18H,14-17H2,1-3H3,(H,26,28)(H2,23,24,25). The zero-order chi connectivity index (χ0) is 20.2. The van der Waals surface area contributed by atoms with Crippen molar-refractivity contribution in [1.29, 1.82) is 0 Å². The average molecular weight is 382 g/mol. The number of nitrogens with zero attached hydrogens (tertiary/aromatic N) is 2. The third-order valence-corrected chi connectivity index (χ3v) is 4.58. The third-order valence-electron chi connectivity index (χ3n) is 4.58. The van der Waals surface area contributed by atoms with Crippen molar-refractivity contribution in [2.75, 3.05) is 32.5 Å². The molecule has 0 radical (unpaired) electrons. The molecule has 1 atom stereocenters. The Labute approximate surface area is 168 Å². The first-order chi connectivity index (χ1) is 13.6. The minimum atomic E-state index is -0.106. The number of para-hydroxylation sites is 1. The van der Waals surface area contributed by atoms with Crippen LogP contribution in [0, 0.1) is 0 Å². The number of guanidine groups is 1. The summed E-state index contributed by atoms with van der Waals surface area (Å²) in [6, 6.07) is 20.3. The molecule has 6 heteroatoms. The lowest BCUT2D eigenvalue weighted by Crippen LogP contribution is -2.43. The summed E-state index contributed by atoms with van der Waals surface area (Å²) in [5.74, 6) is 0.520. The first kappa shape index (κ1) is 21.4. The predicted molar refractivity (Wildman–Crippen MR) is 116 cm³/mol. The Kier molecular flexibility index (Phi) is 9.01. The number of benzene rings is 2. The highest BCUT2D eigenvalue weighted by molar-refractivity contribution is 5.94. The highest BCUT2D eigenvalue weighted by atomic mass is 16.1. The first-order valence-electron chi connectivity index (χ1n) is 9.62. The normalized spacial score (nSPS) is 12.5. The maximum absolute atomic E-state index is 12.0. The largest absolute Gasteiger partial charge is 0.356 e. The Morgan fingerprint density at radius 2 is 1.68 bits per heavy atom. The number of carbonyl (C=O) groups excluding carboxylic acids is 1. The van der Waals surface area contributed by atoms with Gasteiger partial charge < -0.3 is 16.0 Å². The van der Waals surface area contributed by atoms with Crippen LogP contribution < -0.4 is 16.0 Å². The molecule has 2 aromatic carbocycles. The minimum Gasteiger partial charge on any atom is -0.356 e. The summed E-state index contributed by atoms with van der Waals surface area (Å²) >= 11 is 0. The number of nitrogens with one attached hydrogen (secondary N) is 3. The Bertz CT molecular complexity index is 733. The molecule has 28 heavy (non-hydrogen) atoms. The van der Waals surface area contributed by atoms with Crippen molar-refractivity contribution >= 4 is 17.6 Å². The fourth-order valence-electron chi connectivity index (χ4n) is 2.76. The van der Waals surface area contributed by atoms with Gasteiger partial charge in [-0.1, -0.05) is 48.5 Å². The lowest BCUT2D eigenvalue weighted by Gasteiger charge is -2.25. The van der Waals surface area contributed by atoms with Gasteiger partial charge >= 0.3 is 0 Å². The summed E-state index contributed by atoms with van der Waals surface area (Å²) < 4.78 is 0. The van der Waals surface area contributed by atoms with Crippen LogP contribution in [0.4, 0.5) is 5.69 Å². The van der Waals surface area contributed by atoms with Gasteiger partial charge in [0.25, 0.3) is 0 Å². The minimum absolute atomic E-state index is 0.106. The Hall–Kier alpha value is -2.86. The predicted octanol–water partition coefficient (Wildman–Crippen LogP) is 2.70. The summed E-state index contributed by atoms with van der Waals surface area (Å²) in [6.07, 6.45) is 0.972. The van der Waals surface area contributed by atoms with Crippen molar-refractivity contribution in [3.63, 3.8) is 0 Å². The van der Waals surface area contributed by atoms with E-state index in [1.54, 1.807) is 7.05 Å². The van der Waals surface area contributed by atoms with Crippen LogP contribution in [0.3, 0.4) is 0 Å². The second-order valence-corrected chi connectivity index (χ2v) is 6.81. The molecular weight excluding hydrogens is 350 g/mol. The summed E-state index contributed by atoms with van der Waals surface area (Å²) in [5.41, 5.74) is 2.10. The van der Waals surface area contributed by atoms with Gasteiger partial charge in [-0.05, 0) is 38.1 Å². The molecule has 2 rings (SSSR count). The van der Waals surface area contributed by atoms with Gasteiger partial charge in [-0.2, -0.15) is 0 Å². The fourth-order valence-corrected chi connectivity index (χ4v) is 2.76. The van der Waals surface area contributed by atoms with Gasteiger partial charge in [0.15, 0.2) is 5.96 Å². The van der Waals surface area contributed by atoms with E-state index in [-0.39, 0.29) is 12.5 Å². The average Bonchev–Trinajstić information content (AvgIpc) is 2.71. The van der Waals surface area contributed by atoms with Crippen molar-refractivity contribution in [2.24, 2.45) is 4.99 Å².